The topological polar surface area (TPSA) is 112 Å². The molecule has 8 rings (SSSR count). The van der Waals surface area contributed by atoms with Gasteiger partial charge in [0.15, 0.2) is 11.2 Å². The number of likely N-dealkylation sites (tertiary alicyclic amines) is 1. The van der Waals surface area contributed by atoms with Crippen molar-refractivity contribution in [2.75, 3.05) is 19.6 Å². The summed E-state index contributed by atoms with van der Waals surface area (Å²) in [5, 5.41) is 3.06. The Morgan fingerprint density at radius 1 is 0.821 bits per heavy atom. The molecule has 14 heteroatoms. The average molecular weight is 773 g/mol. The quantitative estimate of drug-likeness (QED) is 0.0954. The number of hydrogen-bond donors (Lipinski definition) is 1. The molecule has 4 aromatic carbocycles. The van der Waals surface area contributed by atoms with Gasteiger partial charge in [-0.3, -0.25) is 9.69 Å². The fourth-order valence-electron chi connectivity index (χ4n) is 7.74. The molecular formula is C42H40F4N4O6. The first-order chi connectivity index (χ1) is 27.0. The molecule has 1 N–H and O–H groups in total. The number of carbonyl (C=O) groups excluding carboxylic acids is 1. The third kappa shape index (κ3) is 7.67. The van der Waals surface area contributed by atoms with E-state index in [0.29, 0.717) is 59.1 Å². The molecule has 0 bridgehead atoms. The smallest absolute Gasteiger partial charge is 0.387 e. The van der Waals surface area contributed by atoms with Gasteiger partial charge in [-0.05, 0) is 98.6 Å². The maximum atomic E-state index is 13.5. The lowest BCUT2D eigenvalue weighted by molar-refractivity contribution is -0.147. The second-order valence-electron chi connectivity index (χ2n) is 14.5. The Balaban J connectivity index is 1.10. The minimum atomic E-state index is -3.10. The molecule has 2 aromatic heterocycles. The molecule has 56 heavy (non-hydrogen) atoms. The molecule has 2 aliphatic heterocycles. The van der Waals surface area contributed by atoms with Crippen LogP contribution in [0, 0.1) is 19.8 Å². The van der Waals surface area contributed by atoms with Gasteiger partial charge < -0.3 is 28.4 Å². The zero-order chi connectivity index (χ0) is 39.1. The Morgan fingerprint density at radius 3 is 1.89 bits per heavy atom. The molecule has 2 aliphatic rings. The van der Waals surface area contributed by atoms with Crippen LogP contribution in [-0.2, 0) is 22.7 Å². The number of benzene rings is 4. The molecule has 0 saturated carbocycles. The third-order valence-corrected chi connectivity index (χ3v) is 10.6. The summed E-state index contributed by atoms with van der Waals surface area (Å²) in [6.45, 7) is 2.64. The van der Waals surface area contributed by atoms with Crippen LogP contribution < -0.4 is 14.8 Å². The summed E-state index contributed by atoms with van der Waals surface area (Å²) in [5.41, 5.74) is 7.21. The van der Waals surface area contributed by atoms with Crippen LogP contribution >= 0.6 is 0 Å². The third-order valence-electron chi connectivity index (χ3n) is 10.6. The lowest BCUT2D eigenvalue weighted by Crippen LogP contribution is -2.32. The van der Waals surface area contributed by atoms with Crippen molar-refractivity contribution in [3.8, 4) is 45.5 Å². The highest BCUT2D eigenvalue weighted by Crippen LogP contribution is 2.40. The molecule has 2 fully saturated rings. The van der Waals surface area contributed by atoms with Crippen molar-refractivity contribution in [1.29, 1.82) is 0 Å². The van der Waals surface area contributed by atoms with Crippen molar-refractivity contribution in [2.45, 2.75) is 72.5 Å². The van der Waals surface area contributed by atoms with Gasteiger partial charge in [0.25, 0.3) is 0 Å². The van der Waals surface area contributed by atoms with Gasteiger partial charge in [-0.15, -0.1) is 0 Å². The number of alkyl halides is 4. The molecule has 0 radical (unpaired) electrons. The van der Waals surface area contributed by atoms with E-state index in [9.17, 15) is 22.4 Å². The molecule has 0 spiro atoms. The van der Waals surface area contributed by atoms with Crippen LogP contribution in [0.5, 0.6) is 11.5 Å². The highest BCUT2D eigenvalue weighted by atomic mass is 19.3. The predicted octanol–water partition coefficient (Wildman–Crippen LogP) is 9.43. The minimum absolute atomic E-state index is 0.0705. The standard InChI is InChI=1S/C42H40F4N4O6/c1-22-12-14-50(19-22)20-25-15-32-36(17-34(25)55-41(43)44)53-38(48-32)29-9-4-7-27(23(29)2)28-8-5-10-30(24(28)3)39-49-33-16-26(21-52-40(51)31-11-6-13-47-31)35(56-42(45)46)18-37(33)54-39/h4-5,7-10,15-18,22,31,41-42,47H,6,11-14,19-21H2,1-3H3/t22?,31-/m0/s1. The number of nitrogens with one attached hydrogen (secondary N) is 1. The summed E-state index contributed by atoms with van der Waals surface area (Å²) < 4.78 is 81.2. The van der Waals surface area contributed by atoms with Gasteiger partial charge in [0.1, 0.15) is 35.2 Å². The summed E-state index contributed by atoms with van der Waals surface area (Å²) in [6, 6.07) is 17.2. The Bertz CT molecular complexity index is 2410. The zero-order valence-electron chi connectivity index (χ0n) is 31.0. The van der Waals surface area contributed by atoms with E-state index < -0.39 is 25.2 Å². The highest BCUT2D eigenvalue weighted by molar-refractivity contribution is 5.85. The first kappa shape index (κ1) is 37.5. The number of halogens is 4. The number of ether oxygens (including phenoxy) is 3. The highest BCUT2D eigenvalue weighted by Gasteiger charge is 2.26. The molecule has 0 amide bonds. The van der Waals surface area contributed by atoms with Crippen molar-refractivity contribution in [3.63, 3.8) is 0 Å². The molecule has 4 heterocycles. The summed E-state index contributed by atoms with van der Waals surface area (Å²) in [5.74, 6) is 0.576. The number of aromatic nitrogens is 2. The molecule has 6 aromatic rings. The van der Waals surface area contributed by atoms with Gasteiger partial charge in [-0.2, -0.15) is 17.6 Å². The molecule has 1 unspecified atom stereocenters. The number of esters is 1. The fourth-order valence-corrected chi connectivity index (χ4v) is 7.74. The lowest BCUT2D eigenvalue weighted by atomic mass is 9.91. The van der Waals surface area contributed by atoms with E-state index >= 15 is 0 Å². The van der Waals surface area contributed by atoms with Crippen LogP contribution in [0.3, 0.4) is 0 Å². The summed E-state index contributed by atoms with van der Waals surface area (Å²) in [7, 11) is 0. The summed E-state index contributed by atoms with van der Waals surface area (Å²) in [6.07, 6.45) is 2.54. The second-order valence-corrected chi connectivity index (χ2v) is 14.5. The number of rotatable bonds is 12. The summed E-state index contributed by atoms with van der Waals surface area (Å²) >= 11 is 0. The largest absolute Gasteiger partial charge is 0.460 e. The van der Waals surface area contributed by atoms with Crippen LogP contribution in [0.25, 0.3) is 56.2 Å². The van der Waals surface area contributed by atoms with E-state index in [0.717, 1.165) is 53.7 Å². The minimum Gasteiger partial charge on any atom is -0.460 e. The van der Waals surface area contributed by atoms with Crippen LogP contribution in [0.4, 0.5) is 17.6 Å². The maximum Gasteiger partial charge on any atom is 0.387 e. The zero-order valence-corrected chi connectivity index (χ0v) is 31.0. The number of fused-ring (bicyclic) bond motifs is 2. The molecule has 2 atom stereocenters. The van der Waals surface area contributed by atoms with Crippen molar-refractivity contribution in [2.24, 2.45) is 5.92 Å². The van der Waals surface area contributed by atoms with Gasteiger partial charge in [-0.1, -0.05) is 31.2 Å². The van der Waals surface area contributed by atoms with Gasteiger partial charge in [0.05, 0.1) is 0 Å². The van der Waals surface area contributed by atoms with Gasteiger partial charge in [-0.25, -0.2) is 9.97 Å². The van der Waals surface area contributed by atoms with Crippen LogP contribution in [-0.4, -0.2) is 59.7 Å². The van der Waals surface area contributed by atoms with Gasteiger partial charge >= 0.3 is 19.2 Å². The van der Waals surface area contributed by atoms with E-state index in [4.69, 9.17) is 33.0 Å². The van der Waals surface area contributed by atoms with E-state index in [1.165, 1.54) is 18.2 Å². The van der Waals surface area contributed by atoms with Crippen LogP contribution in [0.2, 0.25) is 0 Å². The van der Waals surface area contributed by atoms with Gasteiger partial charge in [0.2, 0.25) is 11.8 Å². The number of carbonyl (C=O) groups is 1. The Hall–Kier alpha value is -5.47. The average Bonchev–Trinajstić information content (AvgIpc) is 3.98. The van der Waals surface area contributed by atoms with E-state index in [-0.39, 0.29) is 35.1 Å². The molecule has 10 nitrogen and oxygen atoms in total. The van der Waals surface area contributed by atoms with Crippen LogP contribution in [0.15, 0.2) is 69.5 Å². The number of hydrogen-bond acceptors (Lipinski definition) is 10. The van der Waals surface area contributed by atoms with Crippen molar-refractivity contribution in [3.05, 3.63) is 82.9 Å². The normalized spacial score (nSPS) is 17.5. The maximum absolute atomic E-state index is 13.5. The van der Waals surface area contributed by atoms with E-state index in [1.807, 2.05) is 50.2 Å². The first-order valence-electron chi connectivity index (χ1n) is 18.6. The van der Waals surface area contributed by atoms with Gasteiger partial charge in [0, 0.05) is 47.5 Å². The predicted molar refractivity (Wildman–Crippen MR) is 201 cm³/mol. The summed E-state index contributed by atoms with van der Waals surface area (Å²) in [4.78, 5) is 24.2. The fraction of sp³-hybridized carbons (Fsp3) is 0.357. The van der Waals surface area contributed by atoms with E-state index in [2.05, 4.69) is 17.1 Å². The SMILES string of the molecule is Cc1c(-c2nc3cc(COC(=O)[C@@H]4CCCN4)c(OC(F)F)cc3o2)cccc1-c1cccc(-c2nc3cc(CN4CCC(C)C4)c(OC(F)F)cc3o2)c1C. The Kier molecular flexibility index (Phi) is 10.4. The second kappa shape index (κ2) is 15.6. The first-order valence-corrected chi connectivity index (χ1v) is 18.6. The number of oxazole rings is 2. The molecular weight excluding hydrogens is 732 g/mol. The molecule has 0 aliphatic carbocycles. The van der Waals surface area contributed by atoms with Crippen molar-refractivity contribution < 1.29 is 45.4 Å². The van der Waals surface area contributed by atoms with Crippen LogP contribution in [0.1, 0.15) is 48.4 Å². The lowest BCUT2D eigenvalue weighted by Gasteiger charge is -2.18. The van der Waals surface area contributed by atoms with E-state index in [1.54, 1.807) is 6.07 Å². The monoisotopic (exact) mass is 772 g/mol. The number of nitrogens with zero attached hydrogens (tertiary/aromatic N) is 3. The molecule has 2 saturated heterocycles. The Labute approximate surface area is 319 Å². The molecule has 292 valence electrons. The van der Waals surface area contributed by atoms with Crippen molar-refractivity contribution >= 4 is 28.2 Å². The Morgan fingerprint density at radius 2 is 1.38 bits per heavy atom. The van der Waals surface area contributed by atoms with Crippen molar-refractivity contribution in [1.82, 2.24) is 20.2 Å².